The van der Waals surface area contributed by atoms with Gasteiger partial charge in [-0.3, -0.25) is 4.79 Å². The molecule has 0 atom stereocenters. The predicted octanol–water partition coefficient (Wildman–Crippen LogP) is 3.50. The molecule has 0 radical (unpaired) electrons. The predicted molar refractivity (Wildman–Crippen MR) is 126 cm³/mol. The fourth-order valence-electron chi connectivity index (χ4n) is 4.69. The summed E-state index contributed by atoms with van der Waals surface area (Å²) in [7, 11) is 1.55. The van der Waals surface area contributed by atoms with Gasteiger partial charge in [-0.2, -0.15) is 9.97 Å². The molecule has 3 heterocycles. The average molecular weight is 485 g/mol. The third-order valence-corrected chi connectivity index (χ3v) is 6.30. The summed E-state index contributed by atoms with van der Waals surface area (Å²) in [6.45, 7) is 1.01. The van der Waals surface area contributed by atoms with Crippen molar-refractivity contribution in [1.82, 2.24) is 35.3 Å². The number of anilines is 1. The molecule has 1 aliphatic carbocycles. The number of aromatic nitrogens is 6. The Hall–Kier alpha value is -3.83. The molecule has 12 heteroatoms. The Bertz CT molecular complexity index is 1360. The number of rotatable bonds is 7. The lowest BCUT2D eigenvalue weighted by Crippen LogP contribution is -2.39. The second-order valence-electron chi connectivity index (χ2n) is 8.74. The van der Waals surface area contributed by atoms with Crippen LogP contribution in [-0.2, 0) is 11.3 Å². The number of nitrogens with one attached hydrogen (secondary N) is 3. The van der Waals surface area contributed by atoms with Gasteiger partial charge >= 0.3 is 0 Å². The van der Waals surface area contributed by atoms with Gasteiger partial charge in [0.15, 0.2) is 0 Å². The summed E-state index contributed by atoms with van der Waals surface area (Å²) in [5.41, 5.74) is 3.22. The van der Waals surface area contributed by atoms with Crippen molar-refractivity contribution in [3.8, 4) is 17.0 Å². The van der Waals surface area contributed by atoms with Gasteiger partial charge in [0.05, 0.1) is 18.0 Å². The summed E-state index contributed by atoms with van der Waals surface area (Å²) in [6, 6.07) is 5.78. The first-order valence-corrected chi connectivity index (χ1v) is 11.5. The molecule has 5 rings (SSSR count). The van der Waals surface area contributed by atoms with Gasteiger partial charge < -0.3 is 20.4 Å². The van der Waals surface area contributed by atoms with Crippen molar-refractivity contribution < 1.29 is 18.3 Å². The van der Waals surface area contributed by atoms with Crippen molar-refractivity contribution in [3.05, 3.63) is 24.4 Å². The fourth-order valence-corrected chi connectivity index (χ4v) is 4.69. The van der Waals surface area contributed by atoms with Gasteiger partial charge in [0.25, 0.3) is 6.43 Å². The van der Waals surface area contributed by atoms with E-state index in [2.05, 4.69) is 35.9 Å². The maximum Gasteiger partial charge on any atom is 0.258 e. The van der Waals surface area contributed by atoms with Gasteiger partial charge in [-0.1, -0.05) is 11.3 Å². The lowest BCUT2D eigenvalue weighted by molar-refractivity contribution is -0.119. The summed E-state index contributed by atoms with van der Waals surface area (Å²) in [6.07, 6.45) is 2.84. The summed E-state index contributed by atoms with van der Waals surface area (Å²) in [5.74, 6) is 0.858. The largest absolute Gasteiger partial charge is 0.480 e. The number of fused-ring (bicyclic) bond motifs is 2. The molecule has 1 amide bonds. The third-order valence-electron chi connectivity index (χ3n) is 6.30. The Morgan fingerprint density at radius 1 is 1.23 bits per heavy atom. The molecule has 35 heavy (non-hydrogen) atoms. The van der Waals surface area contributed by atoms with Gasteiger partial charge in [-0.05, 0) is 43.4 Å². The van der Waals surface area contributed by atoms with Crippen LogP contribution in [0, 0.1) is 0 Å². The van der Waals surface area contributed by atoms with Crippen LogP contribution < -0.4 is 15.4 Å². The monoisotopic (exact) mass is 484 g/mol. The standard InChI is InChI=1S/C23H26F2N8O2/c1-12(34)27-14-4-6-15(7-5-14)28-23-29-21-20(22(30-23)35-2)16(10-26-21)13-3-8-17-18(9-13)33(32-31-17)11-19(24)25/h3,8-10,14-15,19H,4-7,11H2,1-2H3,(H,27,34)(H2,26,28,29,30)/t14-,15-. The molecule has 4 aromatic rings. The highest BCUT2D eigenvalue weighted by Gasteiger charge is 2.23. The van der Waals surface area contributed by atoms with Crippen molar-refractivity contribution in [2.24, 2.45) is 0 Å². The Morgan fingerprint density at radius 3 is 2.71 bits per heavy atom. The number of halogens is 2. The van der Waals surface area contributed by atoms with Crippen molar-refractivity contribution in [2.75, 3.05) is 12.4 Å². The molecular weight excluding hydrogens is 458 g/mol. The second kappa shape index (κ2) is 9.43. The van der Waals surface area contributed by atoms with E-state index in [0.717, 1.165) is 36.8 Å². The summed E-state index contributed by atoms with van der Waals surface area (Å²) >= 11 is 0. The average Bonchev–Trinajstić information content (AvgIpc) is 3.43. The first-order chi connectivity index (χ1) is 16.9. The molecule has 1 aliphatic rings. The van der Waals surface area contributed by atoms with E-state index in [1.54, 1.807) is 25.4 Å². The molecule has 3 N–H and O–H groups in total. The molecular formula is C23H26F2N8O2. The van der Waals surface area contributed by atoms with E-state index in [4.69, 9.17) is 4.74 Å². The van der Waals surface area contributed by atoms with Gasteiger partial charge in [-0.15, -0.1) is 5.10 Å². The number of hydrogen-bond acceptors (Lipinski definition) is 7. The number of hydrogen-bond donors (Lipinski definition) is 3. The highest BCUT2D eigenvalue weighted by Crippen LogP contribution is 2.35. The summed E-state index contributed by atoms with van der Waals surface area (Å²) in [5, 5.41) is 14.9. The molecule has 1 saturated carbocycles. The maximum atomic E-state index is 12.9. The first kappa shape index (κ1) is 22.9. The Labute approximate surface area is 199 Å². The summed E-state index contributed by atoms with van der Waals surface area (Å²) < 4.78 is 32.7. The van der Waals surface area contributed by atoms with E-state index in [9.17, 15) is 13.6 Å². The van der Waals surface area contributed by atoms with Crippen LogP contribution in [0.4, 0.5) is 14.7 Å². The highest BCUT2D eigenvalue weighted by atomic mass is 19.3. The van der Waals surface area contributed by atoms with Crippen LogP contribution >= 0.6 is 0 Å². The molecule has 0 saturated heterocycles. The second-order valence-corrected chi connectivity index (χ2v) is 8.74. The zero-order valence-electron chi connectivity index (χ0n) is 19.4. The number of H-pyrrole nitrogens is 1. The Balaban J connectivity index is 1.42. The molecule has 184 valence electrons. The van der Waals surface area contributed by atoms with Gasteiger partial charge in [0.1, 0.15) is 17.7 Å². The topological polar surface area (TPSA) is 123 Å². The number of nitrogens with zero attached hydrogens (tertiary/aromatic N) is 5. The Morgan fingerprint density at radius 2 is 2.00 bits per heavy atom. The molecule has 1 fully saturated rings. The smallest absolute Gasteiger partial charge is 0.258 e. The normalized spacial score (nSPS) is 18.3. The van der Waals surface area contributed by atoms with Crippen molar-refractivity contribution >= 4 is 33.9 Å². The van der Waals surface area contributed by atoms with Crippen LogP contribution in [0.5, 0.6) is 5.88 Å². The minimum absolute atomic E-state index is 0.00336. The highest BCUT2D eigenvalue weighted by molar-refractivity contribution is 5.99. The van der Waals surface area contributed by atoms with E-state index >= 15 is 0 Å². The van der Waals surface area contributed by atoms with Crippen molar-refractivity contribution in [1.29, 1.82) is 0 Å². The minimum Gasteiger partial charge on any atom is -0.480 e. The number of aromatic amines is 1. The lowest BCUT2D eigenvalue weighted by atomic mass is 9.91. The SMILES string of the molecule is COc1nc(N[C@H]2CC[C@H](NC(C)=O)CC2)nc2[nH]cc(-c3ccc4nnn(CC(F)F)c4c3)c12. The molecule has 3 aromatic heterocycles. The quantitative estimate of drug-likeness (QED) is 0.367. The molecule has 0 spiro atoms. The lowest BCUT2D eigenvalue weighted by Gasteiger charge is -2.29. The number of alkyl halides is 2. The van der Waals surface area contributed by atoms with Crippen LogP contribution in [0.15, 0.2) is 24.4 Å². The number of carbonyl (C=O) groups excluding carboxylic acids is 1. The zero-order chi connectivity index (χ0) is 24.5. The third kappa shape index (κ3) is 4.73. The van der Waals surface area contributed by atoms with E-state index in [-0.39, 0.29) is 18.0 Å². The van der Waals surface area contributed by atoms with Crippen LogP contribution in [0.2, 0.25) is 0 Å². The minimum atomic E-state index is -2.53. The summed E-state index contributed by atoms with van der Waals surface area (Å²) in [4.78, 5) is 23.7. The number of amides is 1. The van der Waals surface area contributed by atoms with Gasteiger partial charge in [0, 0.05) is 30.8 Å². The van der Waals surface area contributed by atoms with Gasteiger partial charge in [0.2, 0.25) is 17.7 Å². The molecule has 10 nitrogen and oxygen atoms in total. The molecule has 0 aliphatic heterocycles. The van der Waals surface area contributed by atoms with E-state index in [1.807, 2.05) is 6.07 Å². The van der Waals surface area contributed by atoms with Crippen molar-refractivity contribution in [3.63, 3.8) is 0 Å². The van der Waals surface area contributed by atoms with Crippen LogP contribution in [0.25, 0.3) is 33.2 Å². The van der Waals surface area contributed by atoms with Crippen LogP contribution in [0.3, 0.4) is 0 Å². The van der Waals surface area contributed by atoms with Gasteiger partial charge in [-0.25, -0.2) is 13.5 Å². The van der Waals surface area contributed by atoms with Crippen LogP contribution in [0.1, 0.15) is 32.6 Å². The molecule has 0 unspecified atom stereocenters. The van der Waals surface area contributed by atoms with Crippen molar-refractivity contribution in [2.45, 2.75) is 57.7 Å². The number of benzene rings is 1. The fraction of sp³-hybridized carbons (Fsp3) is 0.435. The van der Waals surface area contributed by atoms with E-state index in [1.165, 1.54) is 11.6 Å². The number of carbonyl (C=O) groups is 1. The zero-order valence-corrected chi connectivity index (χ0v) is 19.4. The van der Waals surface area contributed by atoms with E-state index in [0.29, 0.717) is 33.9 Å². The maximum absolute atomic E-state index is 12.9. The molecule has 0 bridgehead atoms. The van der Waals surface area contributed by atoms with Crippen LogP contribution in [-0.4, -0.2) is 61.5 Å². The number of ether oxygens (including phenoxy) is 1. The Kier molecular flexibility index (Phi) is 6.18. The first-order valence-electron chi connectivity index (χ1n) is 11.5. The molecule has 1 aromatic carbocycles. The number of methoxy groups -OCH3 is 1. The van der Waals surface area contributed by atoms with E-state index < -0.39 is 13.0 Å².